The zero-order valence-electron chi connectivity index (χ0n) is 10.4. The molecule has 0 aromatic carbocycles. The van der Waals surface area contributed by atoms with Gasteiger partial charge in [0.15, 0.2) is 5.15 Å². The van der Waals surface area contributed by atoms with E-state index in [0.29, 0.717) is 0 Å². The van der Waals surface area contributed by atoms with E-state index in [9.17, 15) is 18.4 Å². The van der Waals surface area contributed by atoms with Gasteiger partial charge < -0.3 is 4.57 Å². The van der Waals surface area contributed by atoms with Gasteiger partial charge in [0.25, 0.3) is 17.5 Å². The summed E-state index contributed by atoms with van der Waals surface area (Å²) >= 11 is 5.93. The van der Waals surface area contributed by atoms with E-state index < -0.39 is 23.1 Å². The lowest BCUT2D eigenvalue weighted by Crippen LogP contribution is -2.35. The van der Waals surface area contributed by atoms with E-state index >= 15 is 0 Å². The molecule has 0 radical (unpaired) electrons. The van der Waals surface area contributed by atoms with Crippen LogP contribution in [0.1, 0.15) is 12.8 Å². The van der Waals surface area contributed by atoms with Gasteiger partial charge in [0.2, 0.25) is 0 Å². The average molecular weight is 302 g/mol. The number of nitrogens with zero attached hydrogens (tertiary/aromatic N) is 3. The van der Waals surface area contributed by atoms with Crippen LogP contribution < -0.4 is 11.1 Å². The fourth-order valence-corrected chi connectivity index (χ4v) is 2.58. The minimum atomic E-state index is -2.64. The third-order valence-corrected chi connectivity index (χ3v) is 3.97. The summed E-state index contributed by atoms with van der Waals surface area (Å²) in [5.41, 5.74) is -2.58. The normalized spacial score (nSPS) is 16.9. The minimum absolute atomic E-state index is 0.000848. The van der Waals surface area contributed by atoms with Gasteiger partial charge in [0.05, 0.1) is 5.39 Å². The van der Waals surface area contributed by atoms with Crippen molar-refractivity contribution < 1.29 is 8.78 Å². The zero-order valence-corrected chi connectivity index (χ0v) is 11.2. The van der Waals surface area contributed by atoms with Gasteiger partial charge in [-0.3, -0.25) is 9.59 Å². The molecule has 2 aromatic heterocycles. The summed E-state index contributed by atoms with van der Waals surface area (Å²) < 4.78 is 28.2. The van der Waals surface area contributed by atoms with E-state index in [1.165, 1.54) is 13.2 Å². The summed E-state index contributed by atoms with van der Waals surface area (Å²) in [6.07, 6.45) is -0.971. The molecule has 0 saturated heterocycles. The van der Waals surface area contributed by atoms with E-state index in [0.717, 1.165) is 15.3 Å². The molecule has 0 bridgehead atoms. The number of hydrogen-bond acceptors (Lipinski definition) is 3. The van der Waals surface area contributed by atoms with Crippen molar-refractivity contribution in [1.29, 1.82) is 0 Å². The topological polar surface area (TPSA) is 56.9 Å². The maximum Gasteiger partial charge on any atom is 0.274 e. The van der Waals surface area contributed by atoms with Gasteiger partial charge in [0, 0.05) is 24.7 Å². The first-order valence-corrected chi connectivity index (χ1v) is 6.32. The van der Waals surface area contributed by atoms with Crippen molar-refractivity contribution in [3.63, 3.8) is 0 Å². The summed E-state index contributed by atoms with van der Waals surface area (Å²) in [4.78, 5) is 23.9. The Bertz CT molecular complexity index is 824. The summed E-state index contributed by atoms with van der Waals surface area (Å²) in [6.45, 7) is 0. The predicted octanol–water partition coefficient (Wildman–Crippen LogP) is 1.50. The monoisotopic (exact) mass is 301 g/mol. The van der Waals surface area contributed by atoms with Gasteiger partial charge in [-0.15, -0.1) is 0 Å². The smallest absolute Gasteiger partial charge is 0.274 e. The highest BCUT2D eigenvalue weighted by atomic mass is 35.5. The molecule has 106 valence electrons. The van der Waals surface area contributed by atoms with E-state index in [4.69, 9.17) is 11.6 Å². The van der Waals surface area contributed by atoms with Crippen LogP contribution >= 0.6 is 11.6 Å². The first-order valence-electron chi connectivity index (χ1n) is 5.95. The second-order valence-electron chi connectivity index (χ2n) is 4.93. The Morgan fingerprint density at radius 2 is 2.00 bits per heavy atom. The molecular formula is C12H10ClF2N3O2. The highest BCUT2D eigenvalue weighted by Gasteiger charge is 2.53. The van der Waals surface area contributed by atoms with Crippen LogP contribution in [0.2, 0.25) is 5.15 Å². The molecule has 5 nitrogen and oxygen atoms in total. The lowest BCUT2D eigenvalue weighted by atomic mass is 10.2. The number of halogens is 3. The van der Waals surface area contributed by atoms with Crippen molar-refractivity contribution in [2.75, 3.05) is 0 Å². The molecule has 0 atom stereocenters. The van der Waals surface area contributed by atoms with Crippen LogP contribution in [0.15, 0.2) is 21.9 Å². The second kappa shape index (κ2) is 4.12. The van der Waals surface area contributed by atoms with Crippen molar-refractivity contribution in [2.24, 2.45) is 7.05 Å². The standard InChI is InChI=1S/C12H10ClF2N3O2/c1-17-10(20)6-4-8(19)18(5-7(6)9(13)16-17)12(2-3-12)11(14)15/h4-5,11H,2-3H2,1H3. The molecule has 3 rings (SSSR count). The molecule has 1 aliphatic rings. The maximum absolute atomic E-state index is 13.1. The third kappa shape index (κ3) is 1.69. The second-order valence-corrected chi connectivity index (χ2v) is 5.29. The van der Waals surface area contributed by atoms with Crippen LogP contribution in [0.3, 0.4) is 0 Å². The first-order chi connectivity index (χ1) is 9.36. The maximum atomic E-state index is 13.1. The lowest BCUT2D eigenvalue weighted by molar-refractivity contribution is 0.0654. The Kier molecular flexibility index (Phi) is 2.72. The Labute approximate surface area is 116 Å². The molecule has 8 heteroatoms. The van der Waals surface area contributed by atoms with Crippen molar-refractivity contribution in [3.05, 3.63) is 38.1 Å². The fourth-order valence-electron chi connectivity index (χ4n) is 2.32. The molecule has 2 aromatic rings. The highest BCUT2D eigenvalue weighted by Crippen LogP contribution is 2.47. The van der Waals surface area contributed by atoms with Crippen LogP contribution in [0.25, 0.3) is 10.8 Å². The van der Waals surface area contributed by atoms with Gasteiger partial charge in [-0.25, -0.2) is 13.5 Å². The number of hydrogen-bond donors (Lipinski definition) is 0. The minimum Gasteiger partial charge on any atom is -0.303 e. The van der Waals surface area contributed by atoms with E-state index in [-0.39, 0.29) is 28.8 Å². The summed E-state index contributed by atoms with van der Waals surface area (Å²) in [7, 11) is 1.40. The number of aromatic nitrogens is 3. The number of rotatable bonds is 2. The van der Waals surface area contributed by atoms with Gasteiger partial charge in [0.1, 0.15) is 5.54 Å². The average Bonchev–Trinajstić information content (AvgIpc) is 3.17. The molecular weight excluding hydrogens is 292 g/mol. The summed E-state index contributed by atoms with van der Waals surface area (Å²) in [6, 6.07) is 1.05. The first kappa shape index (κ1) is 13.2. The molecule has 0 unspecified atom stereocenters. The van der Waals surface area contributed by atoms with Crippen molar-refractivity contribution in [3.8, 4) is 0 Å². The molecule has 1 saturated carbocycles. The molecule has 0 spiro atoms. The lowest BCUT2D eigenvalue weighted by Gasteiger charge is -2.18. The Morgan fingerprint density at radius 3 is 2.55 bits per heavy atom. The van der Waals surface area contributed by atoms with Crippen LogP contribution in [-0.2, 0) is 12.6 Å². The zero-order chi connectivity index (χ0) is 14.7. The molecule has 2 heterocycles. The molecule has 0 aliphatic heterocycles. The van der Waals surface area contributed by atoms with Crippen molar-refractivity contribution in [1.82, 2.24) is 14.3 Å². The Hall–Kier alpha value is -1.76. The van der Waals surface area contributed by atoms with Crippen LogP contribution in [-0.4, -0.2) is 20.8 Å². The predicted molar refractivity (Wildman–Crippen MR) is 69.5 cm³/mol. The largest absolute Gasteiger partial charge is 0.303 e. The number of alkyl halides is 2. The number of aryl methyl sites for hydroxylation is 1. The SMILES string of the molecule is Cn1nc(Cl)c2cn(C3(C(F)F)CC3)c(=O)cc2c1=O. The van der Waals surface area contributed by atoms with Crippen molar-refractivity contribution >= 4 is 22.4 Å². The van der Waals surface area contributed by atoms with Gasteiger partial charge >= 0.3 is 0 Å². The molecule has 1 aliphatic carbocycles. The molecule has 1 fully saturated rings. The summed E-state index contributed by atoms with van der Waals surface area (Å²) in [5.74, 6) is 0. The van der Waals surface area contributed by atoms with Crippen LogP contribution in [0, 0.1) is 0 Å². The number of fused-ring (bicyclic) bond motifs is 1. The van der Waals surface area contributed by atoms with Crippen molar-refractivity contribution in [2.45, 2.75) is 24.8 Å². The quantitative estimate of drug-likeness (QED) is 0.845. The molecule has 0 N–H and O–H groups in total. The van der Waals surface area contributed by atoms with E-state index in [2.05, 4.69) is 5.10 Å². The number of pyridine rings is 1. The Balaban J connectivity index is 2.37. The Morgan fingerprint density at radius 1 is 1.35 bits per heavy atom. The fraction of sp³-hybridized carbons (Fsp3) is 0.417. The van der Waals surface area contributed by atoms with Crippen LogP contribution in [0.5, 0.6) is 0 Å². The van der Waals surface area contributed by atoms with Crippen LogP contribution in [0.4, 0.5) is 8.78 Å². The van der Waals surface area contributed by atoms with Gasteiger partial charge in [-0.2, -0.15) is 5.10 Å². The van der Waals surface area contributed by atoms with Gasteiger partial charge in [-0.05, 0) is 12.8 Å². The highest BCUT2D eigenvalue weighted by molar-refractivity contribution is 6.34. The third-order valence-electron chi connectivity index (χ3n) is 3.69. The van der Waals surface area contributed by atoms with Gasteiger partial charge in [-0.1, -0.05) is 11.6 Å². The van der Waals surface area contributed by atoms with E-state index in [1.54, 1.807) is 0 Å². The summed E-state index contributed by atoms with van der Waals surface area (Å²) in [5, 5.41) is 4.08. The molecule has 20 heavy (non-hydrogen) atoms. The molecule has 0 amide bonds. The van der Waals surface area contributed by atoms with E-state index in [1.807, 2.05) is 0 Å².